The molecular weight excluding hydrogens is 257 g/mol. The lowest BCUT2D eigenvalue weighted by molar-refractivity contribution is -0.115. The summed E-state index contributed by atoms with van der Waals surface area (Å²) in [7, 11) is 0. The van der Waals surface area contributed by atoms with E-state index in [0.29, 0.717) is 5.69 Å². The van der Waals surface area contributed by atoms with E-state index < -0.39 is 5.82 Å². The number of hydrogen-bond donors (Lipinski definition) is 1. The summed E-state index contributed by atoms with van der Waals surface area (Å²) < 4.78 is 14.1. The minimum Gasteiger partial charge on any atom is -0.328 e. The number of anilines is 3. The maximum absolute atomic E-state index is 14.1. The molecule has 20 heavy (non-hydrogen) atoms. The van der Waals surface area contributed by atoms with Crippen LogP contribution in [0.5, 0.6) is 0 Å². The predicted octanol–water partition coefficient (Wildman–Crippen LogP) is 2.79. The van der Waals surface area contributed by atoms with Gasteiger partial charge in [-0.05, 0) is 30.3 Å². The normalized spacial score (nSPS) is 13.4. The van der Waals surface area contributed by atoms with Gasteiger partial charge in [-0.25, -0.2) is 4.39 Å². The van der Waals surface area contributed by atoms with E-state index in [-0.39, 0.29) is 23.7 Å². The molecule has 98 valence electrons. The van der Waals surface area contributed by atoms with Gasteiger partial charge in [0.2, 0.25) is 5.91 Å². The van der Waals surface area contributed by atoms with Crippen molar-refractivity contribution in [1.29, 1.82) is 5.26 Å². The average molecular weight is 267 g/mol. The van der Waals surface area contributed by atoms with Crippen LogP contribution in [0.2, 0.25) is 0 Å². The van der Waals surface area contributed by atoms with Crippen LogP contribution >= 0.6 is 0 Å². The highest BCUT2D eigenvalue weighted by molar-refractivity contribution is 6.03. The van der Waals surface area contributed by atoms with Gasteiger partial charge in [0.1, 0.15) is 12.4 Å². The van der Waals surface area contributed by atoms with Gasteiger partial charge in [0.25, 0.3) is 0 Å². The van der Waals surface area contributed by atoms with Crippen LogP contribution < -0.4 is 10.2 Å². The quantitative estimate of drug-likeness (QED) is 0.864. The zero-order valence-electron chi connectivity index (χ0n) is 10.4. The second-order valence-electron chi connectivity index (χ2n) is 4.43. The molecule has 0 fully saturated rings. The molecule has 1 aliphatic heterocycles. The summed E-state index contributed by atoms with van der Waals surface area (Å²) in [6.45, 7) is 0.0415. The first-order valence-corrected chi connectivity index (χ1v) is 6.05. The van der Waals surface area contributed by atoms with Gasteiger partial charge in [-0.3, -0.25) is 4.79 Å². The summed E-state index contributed by atoms with van der Waals surface area (Å²) in [5.74, 6) is -0.721. The predicted molar refractivity (Wildman–Crippen MR) is 73.2 cm³/mol. The Kier molecular flexibility index (Phi) is 2.84. The van der Waals surface area contributed by atoms with Gasteiger partial charge in [-0.1, -0.05) is 12.1 Å². The molecule has 0 aliphatic carbocycles. The summed E-state index contributed by atoms with van der Waals surface area (Å²) in [6, 6.07) is 13.3. The van der Waals surface area contributed by atoms with Gasteiger partial charge in [0.15, 0.2) is 0 Å². The van der Waals surface area contributed by atoms with E-state index in [1.54, 1.807) is 17.0 Å². The molecule has 1 aliphatic rings. The van der Waals surface area contributed by atoms with E-state index in [1.807, 2.05) is 18.2 Å². The van der Waals surface area contributed by atoms with E-state index in [1.165, 1.54) is 18.2 Å². The molecule has 0 saturated heterocycles. The van der Waals surface area contributed by atoms with Crippen molar-refractivity contribution in [2.75, 3.05) is 16.8 Å². The Morgan fingerprint density at radius 3 is 2.75 bits per heavy atom. The number of rotatable bonds is 1. The molecule has 0 aromatic heterocycles. The smallest absolute Gasteiger partial charge is 0.244 e. The van der Waals surface area contributed by atoms with Crippen molar-refractivity contribution in [1.82, 2.24) is 0 Å². The lowest BCUT2D eigenvalue weighted by Gasteiger charge is -2.31. The molecular formula is C15H10FN3O. The zero-order valence-corrected chi connectivity index (χ0v) is 10.4. The molecule has 2 aromatic rings. The number of nitrogens with one attached hydrogen (secondary N) is 1. The lowest BCUT2D eigenvalue weighted by Crippen LogP contribution is -2.35. The fraction of sp³-hybridized carbons (Fsp3) is 0.0667. The molecule has 0 atom stereocenters. The standard InChI is InChI=1S/C15H10FN3O/c16-11-7-10(8-17)5-6-13(11)19-9-15(20)18-12-3-1-2-4-14(12)19/h1-7H,9H2,(H,18,20). The summed E-state index contributed by atoms with van der Waals surface area (Å²) in [4.78, 5) is 13.3. The van der Waals surface area contributed by atoms with Crippen molar-refractivity contribution >= 4 is 23.0 Å². The van der Waals surface area contributed by atoms with Crippen LogP contribution in [0.25, 0.3) is 0 Å². The van der Waals surface area contributed by atoms with Gasteiger partial charge in [-0.2, -0.15) is 5.26 Å². The number of carbonyl (C=O) groups is 1. The van der Waals surface area contributed by atoms with Crippen LogP contribution in [0.3, 0.4) is 0 Å². The molecule has 2 aromatic carbocycles. The van der Waals surface area contributed by atoms with Crippen LogP contribution in [0, 0.1) is 17.1 Å². The van der Waals surface area contributed by atoms with Crippen molar-refractivity contribution in [3.63, 3.8) is 0 Å². The van der Waals surface area contributed by atoms with Gasteiger partial charge < -0.3 is 10.2 Å². The van der Waals surface area contributed by atoms with Crippen molar-refractivity contribution in [2.45, 2.75) is 0 Å². The Balaban J connectivity index is 2.11. The number of nitriles is 1. The van der Waals surface area contributed by atoms with Gasteiger partial charge in [0, 0.05) is 0 Å². The molecule has 1 heterocycles. The van der Waals surface area contributed by atoms with Gasteiger partial charge in [0.05, 0.1) is 28.7 Å². The van der Waals surface area contributed by atoms with Crippen LogP contribution in [0.4, 0.5) is 21.5 Å². The van der Waals surface area contributed by atoms with Crippen LogP contribution in [-0.4, -0.2) is 12.5 Å². The summed E-state index contributed by atoms with van der Waals surface area (Å²) >= 11 is 0. The second kappa shape index (κ2) is 4.67. The molecule has 0 spiro atoms. The van der Waals surface area contributed by atoms with E-state index in [9.17, 15) is 9.18 Å². The number of para-hydroxylation sites is 2. The number of benzene rings is 2. The third kappa shape index (κ3) is 1.97. The number of nitrogens with zero attached hydrogens (tertiary/aromatic N) is 2. The third-order valence-corrected chi connectivity index (χ3v) is 3.14. The number of fused-ring (bicyclic) bond motifs is 1. The first-order chi connectivity index (χ1) is 9.69. The van der Waals surface area contributed by atoms with Crippen LogP contribution in [-0.2, 0) is 4.79 Å². The Hall–Kier alpha value is -2.87. The highest BCUT2D eigenvalue weighted by Crippen LogP contribution is 2.35. The van der Waals surface area contributed by atoms with Gasteiger partial charge >= 0.3 is 0 Å². The first-order valence-electron chi connectivity index (χ1n) is 6.05. The molecule has 0 bridgehead atoms. The molecule has 5 heteroatoms. The second-order valence-corrected chi connectivity index (χ2v) is 4.43. The molecule has 3 rings (SSSR count). The van der Waals surface area contributed by atoms with Crippen molar-refractivity contribution in [3.8, 4) is 6.07 Å². The Bertz CT molecular complexity index is 736. The Morgan fingerprint density at radius 1 is 1.20 bits per heavy atom. The number of halogens is 1. The maximum Gasteiger partial charge on any atom is 0.244 e. The average Bonchev–Trinajstić information content (AvgIpc) is 2.46. The summed E-state index contributed by atoms with van der Waals surface area (Å²) in [5.41, 5.74) is 1.91. The molecule has 4 nitrogen and oxygen atoms in total. The molecule has 1 amide bonds. The molecule has 0 unspecified atom stereocenters. The summed E-state index contributed by atoms with van der Waals surface area (Å²) in [6.07, 6.45) is 0. The zero-order chi connectivity index (χ0) is 14.1. The Labute approximate surface area is 115 Å². The largest absolute Gasteiger partial charge is 0.328 e. The minimum absolute atomic E-state index is 0.0415. The minimum atomic E-state index is -0.520. The fourth-order valence-electron chi connectivity index (χ4n) is 2.24. The van der Waals surface area contributed by atoms with Crippen molar-refractivity contribution < 1.29 is 9.18 Å². The summed E-state index contributed by atoms with van der Waals surface area (Å²) in [5, 5.41) is 11.5. The topological polar surface area (TPSA) is 56.1 Å². The lowest BCUT2D eigenvalue weighted by atomic mass is 10.1. The maximum atomic E-state index is 14.1. The Morgan fingerprint density at radius 2 is 2.00 bits per heavy atom. The molecule has 0 saturated carbocycles. The monoisotopic (exact) mass is 267 g/mol. The van der Waals surface area contributed by atoms with Crippen LogP contribution in [0.15, 0.2) is 42.5 Å². The number of hydrogen-bond acceptors (Lipinski definition) is 3. The fourth-order valence-corrected chi connectivity index (χ4v) is 2.24. The highest BCUT2D eigenvalue weighted by atomic mass is 19.1. The van der Waals surface area contributed by atoms with E-state index in [0.717, 1.165) is 5.69 Å². The SMILES string of the molecule is N#Cc1ccc(N2CC(=O)Nc3ccccc32)c(F)c1. The highest BCUT2D eigenvalue weighted by Gasteiger charge is 2.24. The third-order valence-electron chi connectivity index (χ3n) is 3.14. The van der Waals surface area contributed by atoms with Crippen molar-refractivity contribution in [3.05, 3.63) is 53.8 Å². The van der Waals surface area contributed by atoms with Gasteiger partial charge in [-0.15, -0.1) is 0 Å². The molecule has 0 radical (unpaired) electrons. The van der Waals surface area contributed by atoms with Crippen LogP contribution in [0.1, 0.15) is 5.56 Å². The van der Waals surface area contributed by atoms with E-state index >= 15 is 0 Å². The van der Waals surface area contributed by atoms with E-state index in [4.69, 9.17) is 5.26 Å². The van der Waals surface area contributed by atoms with E-state index in [2.05, 4.69) is 5.32 Å². The number of carbonyl (C=O) groups excluding carboxylic acids is 1. The number of amides is 1. The molecule has 1 N–H and O–H groups in total. The first kappa shape index (κ1) is 12.2. The van der Waals surface area contributed by atoms with Crippen molar-refractivity contribution in [2.24, 2.45) is 0 Å².